The minimum absolute atomic E-state index is 0.173. The summed E-state index contributed by atoms with van der Waals surface area (Å²) in [4.78, 5) is 32.5. The summed E-state index contributed by atoms with van der Waals surface area (Å²) in [5.74, 6) is -0.462. The number of unbranched alkanes of at least 4 members (excludes halogenated alkanes) is 16. The summed E-state index contributed by atoms with van der Waals surface area (Å²) in [6, 6.07) is 0. The quantitative estimate of drug-likeness (QED) is 0.0228. The molecule has 3 radical (unpaired) electrons. The van der Waals surface area contributed by atoms with Crippen molar-refractivity contribution < 1.29 is 29.7 Å². The van der Waals surface area contributed by atoms with Crippen LogP contribution in [0.3, 0.4) is 0 Å². The monoisotopic (exact) mass is 873 g/mol. The van der Waals surface area contributed by atoms with Crippen LogP contribution in [-0.4, -0.2) is 73.0 Å². The number of carboxylic acids is 3. The fourth-order valence-corrected chi connectivity index (χ4v) is 7.28. The molecular formula is C40H81O6S3Sn. The third kappa shape index (κ3) is 48.3. The van der Waals surface area contributed by atoms with Crippen molar-refractivity contribution in [3.05, 3.63) is 0 Å². The van der Waals surface area contributed by atoms with Gasteiger partial charge in [0.1, 0.15) is 0 Å². The van der Waals surface area contributed by atoms with Crippen molar-refractivity contribution in [3.63, 3.8) is 0 Å². The second kappa shape index (κ2) is 49.3. The van der Waals surface area contributed by atoms with Crippen LogP contribution in [0.1, 0.15) is 195 Å². The van der Waals surface area contributed by atoms with E-state index in [0.717, 1.165) is 38.5 Å². The van der Waals surface area contributed by atoms with Crippen LogP contribution in [0.5, 0.6) is 0 Å². The molecule has 10 heteroatoms. The topological polar surface area (TPSA) is 112 Å². The second-order valence-corrected chi connectivity index (χ2v) is 16.2. The SMILES string of the molecule is CCCCCCCCC(CCS)C(=O)O.CCCCCCCCC(CCS)C(=O)O.CCCCCCCCC(CCS)C(=O)O.CCC[CH2][Sn]. The van der Waals surface area contributed by atoms with E-state index in [-0.39, 0.29) is 17.8 Å². The minimum atomic E-state index is -0.655. The van der Waals surface area contributed by atoms with Crippen molar-refractivity contribution >= 4 is 78.3 Å². The Bertz CT molecular complexity index is 614. The van der Waals surface area contributed by atoms with E-state index in [4.69, 9.17) is 15.3 Å². The number of carboxylic acid groups (broad SMARTS) is 3. The second-order valence-electron chi connectivity index (χ2n) is 13.4. The molecule has 0 aliphatic carbocycles. The summed E-state index contributed by atoms with van der Waals surface area (Å²) in [5, 5.41) is 26.7. The van der Waals surface area contributed by atoms with Crippen LogP contribution < -0.4 is 0 Å². The molecule has 0 aliphatic rings. The number of hydrogen-bond acceptors (Lipinski definition) is 6. The van der Waals surface area contributed by atoms with Gasteiger partial charge in [-0.2, -0.15) is 37.9 Å². The molecule has 0 aliphatic heterocycles. The zero-order valence-electron chi connectivity index (χ0n) is 32.9. The van der Waals surface area contributed by atoms with E-state index in [1.54, 1.807) is 22.5 Å². The van der Waals surface area contributed by atoms with Crippen molar-refractivity contribution in [3.8, 4) is 0 Å². The maximum absolute atomic E-state index is 10.8. The third-order valence-corrected chi connectivity index (χ3v) is 10.5. The van der Waals surface area contributed by atoms with Gasteiger partial charge in [-0.15, -0.1) is 0 Å². The first-order valence-electron chi connectivity index (χ1n) is 20.2. The van der Waals surface area contributed by atoms with Crippen LogP contribution in [0.15, 0.2) is 0 Å². The zero-order valence-corrected chi connectivity index (χ0v) is 38.4. The van der Waals surface area contributed by atoms with Gasteiger partial charge in [0.25, 0.3) is 0 Å². The molecule has 0 amide bonds. The Kier molecular flexibility index (Phi) is 56.1. The zero-order chi connectivity index (χ0) is 38.7. The van der Waals surface area contributed by atoms with Gasteiger partial charge in [0.05, 0.1) is 17.8 Å². The molecule has 299 valence electrons. The molecule has 3 N–H and O–H groups in total. The summed E-state index contributed by atoms with van der Waals surface area (Å²) in [6.45, 7) is 8.83. The normalized spacial score (nSPS) is 12.2. The molecule has 0 bridgehead atoms. The van der Waals surface area contributed by atoms with Gasteiger partial charge in [-0.05, 0) is 55.8 Å². The van der Waals surface area contributed by atoms with Crippen molar-refractivity contribution in [2.24, 2.45) is 17.8 Å². The van der Waals surface area contributed by atoms with Gasteiger partial charge in [-0.1, -0.05) is 136 Å². The van der Waals surface area contributed by atoms with E-state index in [1.807, 2.05) is 0 Å². The van der Waals surface area contributed by atoms with Crippen molar-refractivity contribution in [2.45, 2.75) is 199 Å². The van der Waals surface area contributed by atoms with E-state index < -0.39 is 17.9 Å². The Balaban J connectivity index is -0.000000296. The third-order valence-electron chi connectivity index (χ3n) is 8.73. The van der Waals surface area contributed by atoms with Crippen LogP contribution in [0.4, 0.5) is 0 Å². The molecule has 0 heterocycles. The van der Waals surface area contributed by atoms with E-state index in [0.29, 0.717) is 36.5 Å². The van der Waals surface area contributed by atoms with Crippen LogP contribution >= 0.6 is 37.9 Å². The van der Waals surface area contributed by atoms with Crippen molar-refractivity contribution in [2.75, 3.05) is 17.3 Å². The maximum atomic E-state index is 10.8. The van der Waals surface area contributed by atoms with Crippen molar-refractivity contribution in [1.82, 2.24) is 0 Å². The molecule has 0 aromatic rings. The molecule has 0 fully saturated rings. The number of thiol groups is 3. The molecule has 0 aromatic heterocycles. The average molecular weight is 873 g/mol. The fraction of sp³-hybridized carbons (Fsp3) is 0.925. The summed E-state index contributed by atoms with van der Waals surface area (Å²) in [5.41, 5.74) is 0. The number of rotatable bonds is 32. The number of aliphatic carboxylic acids is 3. The summed E-state index contributed by atoms with van der Waals surface area (Å²) >= 11 is 13.9. The Morgan fingerprint density at radius 2 is 0.620 bits per heavy atom. The number of carbonyl (C=O) groups is 3. The van der Waals surface area contributed by atoms with E-state index in [1.165, 1.54) is 114 Å². The number of hydrogen-bond donors (Lipinski definition) is 6. The molecule has 50 heavy (non-hydrogen) atoms. The molecule has 3 unspecified atom stereocenters. The fourth-order valence-electron chi connectivity index (χ4n) is 5.33. The molecule has 0 saturated carbocycles. The van der Waals surface area contributed by atoms with Crippen molar-refractivity contribution in [1.29, 1.82) is 0 Å². The van der Waals surface area contributed by atoms with E-state index in [2.05, 4.69) is 65.6 Å². The first kappa shape index (κ1) is 57.0. The first-order valence-corrected chi connectivity index (χ1v) is 24.1. The summed E-state index contributed by atoms with van der Waals surface area (Å²) < 4.78 is 1.43. The molecule has 0 rings (SSSR count). The Morgan fingerprint density at radius 3 is 0.780 bits per heavy atom. The van der Waals surface area contributed by atoms with Gasteiger partial charge >= 0.3 is 64.6 Å². The van der Waals surface area contributed by atoms with Crippen LogP contribution in [0, 0.1) is 17.8 Å². The predicted molar refractivity (Wildman–Crippen MR) is 228 cm³/mol. The van der Waals surface area contributed by atoms with Crippen LogP contribution in [-0.2, 0) is 14.4 Å². The van der Waals surface area contributed by atoms with Gasteiger partial charge in [0.15, 0.2) is 0 Å². The van der Waals surface area contributed by atoms with E-state index in [9.17, 15) is 14.4 Å². The van der Waals surface area contributed by atoms with E-state index >= 15 is 0 Å². The van der Waals surface area contributed by atoms with Gasteiger partial charge in [0.2, 0.25) is 0 Å². The Hall–Kier alpha value is 0.259. The van der Waals surface area contributed by atoms with Gasteiger partial charge in [0, 0.05) is 0 Å². The van der Waals surface area contributed by atoms with Crippen LogP contribution in [0.2, 0.25) is 4.44 Å². The van der Waals surface area contributed by atoms with Crippen LogP contribution in [0.25, 0.3) is 0 Å². The predicted octanol–water partition coefficient (Wildman–Crippen LogP) is 12.6. The summed E-state index contributed by atoms with van der Waals surface area (Å²) in [7, 11) is 0. The van der Waals surface area contributed by atoms with Gasteiger partial charge < -0.3 is 15.3 Å². The molecule has 0 saturated heterocycles. The van der Waals surface area contributed by atoms with Gasteiger partial charge in [-0.3, -0.25) is 14.4 Å². The van der Waals surface area contributed by atoms with Gasteiger partial charge in [-0.25, -0.2) is 0 Å². The molecule has 0 spiro atoms. The molecular weight excluding hydrogens is 791 g/mol. The molecule has 6 nitrogen and oxygen atoms in total. The standard InChI is InChI=1S/3C12H24O2S.C4H9.Sn/c3*1-2-3-4-5-6-7-8-11(9-10-15)12(13)14;1-3-4-2;/h3*11,15H,2-10H2,1H3,(H,13,14);1,3-4H2,2H3;. The average Bonchev–Trinajstić information content (AvgIpc) is 3.08. The first-order chi connectivity index (χ1) is 24.1. The Morgan fingerprint density at radius 1 is 0.400 bits per heavy atom. The molecule has 3 atom stereocenters. The molecule has 0 aromatic carbocycles. The summed E-state index contributed by atoms with van der Waals surface area (Å²) in [6.07, 6.45) is 29.4. The Labute approximate surface area is 340 Å².